The molecule has 2 heterocycles. The number of aryl methyl sites for hydroxylation is 2. The predicted octanol–water partition coefficient (Wildman–Crippen LogP) is 4.38. The molecule has 0 spiro atoms. The summed E-state index contributed by atoms with van der Waals surface area (Å²) in [5.41, 5.74) is 2.83. The Morgan fingerprint density at radius 1 is 1.03 bits per heavy atom. The number of fused-ring (bicyclic) bond motifs is 1. The van der Waals surface area contributed by atoms with Gasteiger partial charge in [-0.05, 0) is 55.3 Å². The fraction of sp³-hybridized carbons (Fsp3) is 0.160. The highest BCUT2D eigenvalue weighted by atomic mass is 79.9. The number of benzene rings is 2. The number of carbonyl (C=O) groups excluding carboxylic acids is 4. The highest BCUT2D eigenvalue weighted by Crippen LogP contribution is 2.38. The first-order chi connectivity index (χ1) is 15.8. The van der Waals surface area contributed by atoms with Crippen molar-refractivity contribution in [2.75, 3.05) is 5.32 Å². The topological polar surface area (TPSA) is 102 Å². The van der Waals surface area contributed by atoms with Crippen LogP contribution in [0.5, 0.6) is 0 Å². The molecule has 1 aromatic heterocycles. The van der Waals surface area contributed by atoms with Gasteiger partial charge in [0, 0.05) is 33.7 Å². The molecule has 1 N–H and O–H groups in total. The number of nitrogens with zero attached hydrogens (tertiary/aromatic N) is 1. The maximum atomic E-state index is 13.4. The van der Waals surface area contributed by atoms with Gasteiger partial charge in [0.2, 0.25) is 5.78 Å². The number of hydrogen-bond acceptors (Lipinski definition) is 6. The van der Waals surface area contributed by atoms with Crippen LogP contribution in [0.2, 0.25) is 0 Å². The van der Waals surface area contributed by atoms with E-state index in [4.69, 9.17) is 4.74 Å². The monoisotopic (exact) mass is 506 g/mol. The average molecular weight is 507 g/mol. The van der Waals surface area contributed by atoms with Crippen molar-refractivity contribution in [2.24, 2.45) is 5.92 Å². The number of anilines is 1. The van der Waals surface area contributed by atoms with Crippen LogP contribution in [0.25, 0.3) is 0 Å². The van der Waals surface area contributed by atoms with Gasteiger partial charge < -0.3 is 10.1 Å². The SMILES string of the molecule is Cc1cc(Br)cc(C)c1NC(=O)C(=O)[C@@H](C(=O)c1ccncc1)[C@H]1OC(=O)c2ccccc21. The number of aromatic nitrogens is 1. The van der Waals surface area contributed by atoms with E-state index >= 15 is 0 Å². The molecular formula is C25H19BrN2O5. The van der Waals surface area contributed by atoms with Crippen LogP contribution in [-0.2, 0) is 14.3 Å². The van der Waals surface area contributed by atoms with Crippen LogP contribution in [0, 0.1) is 19.8 Å². The van der Waals surface area contributed by atoms with E-state index < -0.39 is 35.5 Å². The number of ketones is 2. The number of carbonyl (C=O) groups is 4. The number of amides is 1. The van der Waals surface area contributed by atoms with Crippen molar-refractivity contribution in [2.45, 2.75) is 20.0 Å². The van der Waals surface area contributed by atoms with Gasteiger partial charge in [-0.3, -0.25) is 19.4 Å². The summed E-state index contributed by atoms with van der Waals surface area (Å²) < 4.78 is 6.27. The highest BCUT2D eigenvalue weighted by Gasteiger charge is 2.46. The zero-order valence-electron chi connectivity index (χ0n) is 17.8. The van der Waals surface area contributed by atoms with Crippen molar-refractivity contribution in [1.82, 2.24) is 4.98 Å². The second-order valence-corrected chi connectivity index (χ2v) is 8.64. The number of hydrogen-bond donors (Lipinski definition) is 1. The van der Waals surface area contributed by atoms with E-state index in [1.807, 2.05) is 12.1 Å². The zero-order valence-corrected chi connectivity index (χ0v) is 19.4. The average Bonchev–Trinajstić information content (AvgIpc) is 3.13. The number of pyridine rings is 1. The summed E-state index contributed by atoms with van der Waals surface area (Å²) in [5.74, 6) is -4.77. The summed E-state index contributed by atoms with van der Waals surface area (Å²) in [4.78, 5) is 56.1. The van der Waals surface area contributed by atoms with Crippen LogP contribution in [-0.4, -0.2) is 28.4 Å². The Hall–Kier alpha value is -3.65. The number of cyclic esters (lactones) is 1. The lowest BCUT2D eigenvalue weighted by molar-refractivity contribution is -0.138. The first kappa shape index (κ1) is 22.5. The zero-order chi connectivity index (χ0) is 23.7. The molecule has 0 saturated carbocycles. The maximum Gasteiger partial charge on any atom is 0.339 e. The van der Waals surface area contributed by atoms with Crippen molar-refractivity contribution in [3.8, 4) is 0 Å². The van der Waals surface area contributed by atoms with E-state index in [-0.39, 0.29) is 11.1 Å². The molecule has 0 aliphatic carbocycles. The number of Topliss-reactive ketones (excluding diaryl/α,β-unsaturated/α-hetero) is 2. The lowest BCUT2D eigenvalue weighted by Gasteiger charge is -2.21. The second kappa shape index (κ2) is 9.07. The Morgan fingerprint density at radius 2 is 1.67 bits per heavy atom. The lowest BCUT2D eigenvalue weighted by Crippen LogP contribution is -2.38. The Balaban J connectivity index is 1.72. The largest absolute Gasteiger partial charge is 0.453 e. The van der Waals surface area contributed by atoms with Gasteiger partial charge in [0.1, 0.15) is 12.0 Å². The maximum absolute atomic E-state index is 13.4. The van der Waals surface area contributed by atoms with E-state index in [9.17, 15) is 19.2 Å². The van der Waals surface area contributed by atoms with Crippen molar-refractivity contribution < 1.29 is 23.9 Å². The van der Waals surface area contributed by atoms with Crippen LogP contribution in [0.15, 0.2) is 65.4 Å². The van der Waals surface area contributed by atoms with Gasteiger partial charge in [0.05, 0.1) is 5.56 Å². The van der Waals surface area contributed by atoms with Crippen molar-refractivity contribution in [3.63, 3.8) is 0 Å². The summed E-state index contributed by atoms with van der Waals surface area (Å²) in [5, 5.41) is 2.64. The highest BCUT2D eigenvalue weighted by molar-refractivity contribution is 9.10. The Morgan fingerprint density at radius 3 is 2.33 bits per heavy atom. The first-order valence-corrected chi connectivity index (χ1v) is 10.9. The molecule has 0 radical (unpaired) electrons. The quantitative estimate of drug-likeness (QED) is 0.230. The third kappa shape index (κ3) is 4.34. The van der Waals surface area contributed by atoms with Gasteiger partial charge in [0.25, 0.3) is 5.91 Å². The van der Waals surface area contributed by atoms with Crippen LogP contribution >= 0.6 is 15.9 Å². The standard InChI is InChI=1S/C25H19BrN2O5/c1-13-11-16(26)12-14(2)20(13)28-24(31)22(30)19(21(29)15-7-9-27-10-8-15)23-17-5-3-4-6-18(17)25(32)33-23/h3-12,19,23H,1-2H3,(H,28,31)/t19-,23+/m1/s1. The predicted molar refractivity (Wildman–Crippen MR) is 124 cm³/mol. The Kier molecular flexibility index (Phi) is 6.20. The second-order valence-electron chi connectivity index (χ2n) is 7.72. The van der Waals surface area contributed by atoms with Crippen LogP contribution in [0.4, 0.5) is 5.69 Å². The number of nitrogens with one attached hydrogen (secondary N) is 1. The molecule has 166 valence electrons. The fourth-order valence-corrected chi connectivity index (χ4v) is 4.62. The van der Waals surface area contributed by atoms with Crippen LogP contribution < -0.4 is 5.32 Å². The molecule has 3 aromatic rings. The molecule has 0 saturated heterocycles. The molecule has 33 heavy (non-hydrogen) atoms. The number of ether oxygens (including phenoxy) is 1. The van der Waals surface area contributed by atoms with E-state index in [0.29, 0.717) is 11.3 Å². The third-order valence-electron chi connectivity index (χ3n) is 5.51. The summed E-state index contributed by atoms with van der Waals surface area (Å²) in [6.07, 6.45) is 1.62. The van der Waals surface area contributed by atoms with Crippen molar-refractivity contribution in [3.05, 3.63) is 93.2 Å². The first-order valence-electron chi connectivity index (χ1n) is 10.1. The molecule has 7 nitrogen and oxygen atoms in total. The fourth-order valence-electron chi connectivity index (χ4n) is 3.93. The number of esters is 1. The van der Waals surface area contributed by atoms with Gasteiger partial charge in [-0.25, -0.2) is 4.79 Å². The molecular weight excluding hydrogens is 488 g/mol. The molecule has 0 unspecified atom stereocenters. The summed E-state index contributed by atoms with van der Waals surface area (Å²) >= 11 is 3.40. The molecule has 2 atom stereocenters. The molecule has 0 bridgehead atoms. The molecule has 2 aromatic carbocycles. The van der Waals surface area contributed by atoms with E-state index in [2.05, 4.69) is 26.2 Å². The molecule has 4 rings (SSSR count). The van der Waals surface area contributed by atoms with E-state index in [1.54, 1.807) is 38.1 Å². The molecule has 8 heteroatoms. The minimum absolute atomic E-state index is 0.188. The normalized spacial score (nSPS) is 15.4. The lowest BCUT2D eigenvalue weighted by atomic mass is 9.84. The van der Waals surface area contributed by atoms with Gasteiger partial charge in [-0.1, -0.05) is 34.1 Å². The molecule has 1 aliphatic rings. The minimum atomic E-state index is -1.55. The van der Waals surface area contributed by atoms with Gasteiger partial charge in [0.15, 0.2) is 5.78 Å². The van der Waals surface area contributed by atoms with Crippen LogP contribution in [0.1, 0.15) is 43.5 Å². The van der Waals surface area contributed by atoms with Crippen LogP contribution in [0.3, 0.4) is 0 Å². The van der Waals surface area contributed by atoms with Gasteiger partial charge >= 0.3 is 5.97 Å². The Bertz CT molecular complexity index is 1270. The minimum Gasteiger partial charge on any atom is -0.453 e. The van der Waals surface area contributed by atoms with E-state index in [0.717, 1.165) is 15.6 Å². The number of rotatable bonds is 6. The molecule has 1 aliphatic heterocycles. The molecule has 1 amide bonds. The smallest absolute Gasteiger partial charge is 0.339 e. The summed E-state index contributed by atoms with van der Waals surface area (Å²) in [6.45, 7) is 3.60. The van der Waals surface area contributed by atoms with Crippen molar-refractivity contribution in [1.29, 1.82) is 0 Å². The summed E-state index contributed by atoms with van der Waals surface area (Å²) in [7, 11) is 0. The van der Waals surface area contributed by atoms with Gasteiger partial charge in [-0.15, -0.1) is 0 Å². The van der Waals surface area contributed by atoms with E-state index in [1.165, 1.54) is 24.5 Å². The number of halogens is 1. The Labute approximate surface area is 198 Å². The van der Waals surface area contributed by atoms with Crippen molar-refractivity contribution >= 4 is 45.1 Å². The molecule has 0 fully saturated rings. The van der Waals surface area contributed by atoms with Gasteiger partial charge in [-0.2, -0.15) is 0 Å². The third-order valence-corrected chi connectivity index (χ3v) is 5.97. The summed E-state index contributed by atoms with van der Waals surface area (Å²) in [6, 6.07) is 13.0.